The third-order valence-corrected chi connectivity index (χ3v) is 6.00. The monoisotopic (exact) mass is 408 g/mol. The van der Waals surface area contributed by atoms with Crippen LogP contribution in [0.5, 0.6) is 0 Å². The molecule has 1 fully saturated rings. The van der Waals surface area contributed by atoms with Crippen LogP contribution in [0.3, 0.4) is 0 Å². The standard InChI is InChI=1S/C22H24N4O2S/c27-20(18-6-2-1-3-7-18)16-29-17-22(28)25-12-10-24(11-13-25)14-19-15-26-9-5-4-8-21(26)23-19/h1-9,15H,10-14,16-17H2. The number of fused-ring (bicyclic) bond motifs is 1. The van der Waals surface area contributed by atoms with E-state index in [9.17, 15) is 9.59 Å². The summed E-state index contributed by atoms with van der Waals surface area (Å²) in [5.74, 6) is 0.873. The van der Waals surface area contributed by atoms with Crippen LogP contribution >= 0.6 is 11.8 Å². The van der Waals surface area contributed by atoms with Crippen molar-refractivity contribution in [2.45, 2.75) is 6.54 Å². The van der Waals surface area contributed by atoms with E-state index in [0.29, 0.717) is 17.1 Å². The lowest BCUT2D eigenvalue weighted by molar-refractivity contribution is -0.130. The summed E-state index contributed by atoms with van der Waals surface area (Å²) < 4.78 is 2.03. The fraction of sp³-hybridized carbons (Fsp3) is 0.318. The Balaban J connectivity index is 1.20. The molecule has 0 bridgehead atoms. The fourth-order valence-corrected chi connectivity index (χ4v) is 4.29. The fourth-order valence-electron chi connectivity index (χ4n) is 3.48. The number of rotatable bonds is 7. The SMILES string of the molecule is O=C(CSCC(=O)N1CCN(Cc2cn3ccccc3n2)CC1)c1ccccc1. The summed E-state index contributed by atoms with van der Waals surface area (Å²) >= 11 is 1.40. The van der Waals surface area contributed by atoms with Crippen molar-refractivity contribution < 1.29 is 9.59 Å². The lowest BCUT2D eigenvalue weighted by Gasteiger charge is -2.34. The molecule has 29 heavy (non-hydrogen) atoms. The first-order valence-electron chi connectivity index (χ1n) is 9.78. The van der Waals surface area contributed by atoms with Gasteiger partial charge in [0, 0.05) is 50.7 Å². The molecule has 0 atom stereocenters. The van der Waals surface area contributed by atoms with Gasteiger partial charge in [-0.15, -0.1) is 11.8 Å². The lowest BCUT2D eigenvalue weighted by Crippen LogP contribution is -2.48. The molecule has 1 aromatic carbocycles. The highest BCUT2D eigenvalue weighted by atomic mass is 32.2. The van der Waals surface area contributed by atoms with Gasteiger partial charge in [-0.05, 0) is 12.1 Å². The normalized spacial score (nSPS) is 15.0. The van der Waals surface area contributed by atoms with Crippen LogP contribution in [0, 0.1) is 0 Å². The van der Waals surface area contributed by atoms with Gasteiger partial charge in [-0.3, -0.25) is 14.5 Å². The predicted octanol–water partition coefficient (Wildman–Crippen LogP) is 2.59. The van der Waals surface area contributed by atoms with Crippen molar-refractivity contribution in [3.05, 3.63) is 72.2 Å². The number of aromatic nitrogens is 2. The number of thioether (sulfide) groups is 1. The van der Waals surface area contributed by atoms with E-state index in [1.54, 1.807) is 0 Å². The molecule has 0 radical (unpaired) electrons. The number of ketones is 1. The summed E-state index contributed by atoms with van der Waals surface area (Å²) in [5, 5.41) is 0. The second-order valence-electron chi connectivity index (χ2n) is 7.14. The van der Waals surface area contributed by atoms with Crippen LogP contribution in [0.25, 0.3) is 5.65 Å². The Labute approximate surface area is 174 Å². The summed E-state index contributed by atoms with van der Waals surface area (Å²) in [7, 11) is 0. The smallest absolute Gasteiger partial charge is 0.232 e. The number of imidazole rings is 1. The minimum absolute atomic E-state index is 0.0701. The number of Topliss-reactive ketones (excluding diaryl/α,β-unsaturated/α-hetero) is 1. The molecule has 3 heterocycles. The maximum Gasteiger partial charge on any atom is 0.232 e. The summed E-state index contributed by atoms with van der Waals surface area (Å²) in [6.45, 7) is 3.92. The molecule has 2 aromatic heterocycles. The first kappa shape index (κ1) is 19.7. The van der Waals surface area contributed by atoms with E-state index < -0.39 is 0 Å². The molecule has 1 aliphatic heterocycles. The topological polar surface area (TPSA) is 57.9 Å². The molecule has 0 aliphatic carbocycles. The number of nitrogens with zero attached hydrogens (tertiary/aromatic N) is 4. The molecule has 1 saturated heterocycles. The molecule has 0 unspecified atom stereocenters. The average Bonchev–Trinajstić information content (AvgIpc) is 3.17. The van der Waals surface area contributed by atoms with Crippen molar-refractivity contribution in [1.29, 1.82) is 0 Å². The molecular formula is C22H24N4O2S. The first-order valence-corrected chi connectivity index (χ1v) is 10.9. The summed E-state index contributed by atoms with van der Waals surface area (Å²) in [6, 6.07) is 15.2. The predicted molar refractivity (Wildman–Crippen MR) is 115 cm³/mol. The lowest BCUT2D eigenvalue weighted by atomic mass is 10.2. The number of amides is 1. The summed E-state index contributed by atoms with van der Waals surface area (Å²) in [5.41, 5.74) is 2.71. The highest BCUT2D eigenvalue weighted by molar-refractivity contribution is 8.00. The molecule has 0 spiro atoms. The number of hydrogen-bond donors (Lipinski definition) is 0. The van der Waals surface area contributed by atoms with Gasteiger partial charge in [0.2, 0.25) is 5.91 Å². The Morgan fingerprint density at radius 2 is 1.69 bits per heavy atom. The molecular weight excluding hydrogens is 384 g/mol. The maximum absolute atomic E-state index is 12.5. The van der Waals surface area contributed by atoms with Crippen LogP contribution in [0.4, 0.5) is 0 Å². The second kappa shape index (κ2) is 9.24. The van der Waals surface area contributed by atoms with Gasteiger partial charge in [-0.1, -0.05) is 36.4 Å². The molecule has 1 amide bonds. The number of benzene rings is 1. The van der Waals surface area contributed by atoms with Crippen molar-refractivity contribution >= 4 is 29.1 Å². The van der Waals surface area contributed by atoms with Crippen LogP contribution in [0.15, 0.2) is 60.9 Å². The minimum Gasteiger partial charge on any atom is -0.339 e. The Kier molecular flexibility index (Phi) is 6.27. The maximum atomic E-state index is 12.5. The zero-order chi connectivity index (χ0) is 20.1. The van der Waals surface area contributed by atoms with Gasteiger partial charge in [-0.25, -0.2) is 4.98 Å². The van der Waals surface area contributed by atoms with Gasteiger partial charge < -0.3 is 9.30 Å². The molecule has 4 rings (SSSR count). The van der Waals surface area contributed by atoms with Gasteiger partial charge in [0.1, 0.15) is 5.65 Å². The van der Waals surface area contributed by atoms with Crippen LogP contribution in [0.1, 0.15) is 16.1 Å². The Bertz CT molecular complexity index is 948. The number of pyridine rings is 1. The molecule has 7 heteroatoms. The van der Waals surface area contributed by atoms with Crippen molar-refractivity contribution in [2.75, 3.05) is 37.7 Å². The highest BCUT2D eigenvalue weighted by Gasteiger charge is 2.22. The van der Waals surface area contributed by atoms with E-state index >= 15 is 0 Å². The minimum atomic E-state index is 0.0701. The van der Waals surface area contributed by atoms with E-state index in [1.165, 1.54) is 11.8 Å². The molecule has 3 aromatic rings. The van der Waals surface area contributed by atoms with Crippen LogP contribution in [0.2, 0.25) is 0 Å². The number of hydrogen-bond acceptors (Lipinski definition) is 5. The van der Waals surface area contributed by atoms with Crippen molar-refractivity contribution in [3.63, 3.8) is 0 Å². The van der Waals surface area contributed by atoms with Gasteiger partial charge >= 0.3 is 0 Å². The quantitative estimate of drug-likeness (QED) is 0.563. The number of piperazine rings is 1. The Morgan fingerprint density at radius 3 is 2.45 bits per heavy atom. The van der Waals surface area contributed by atoms with E-state index in [-0.39, 0.29) is 11.7 Å². The van der Waals surface area contributed by atoms with Gasteiger partial charge in [0.25, 0.3) is 0 Å². The van der Waals surface area contributed by atoms with E-state index in [0.717, 1.165) is 44.1 Å². The Morgan fingerprint density at radius 1 is 0.931 bits per heavy atom. The van der Waals surface area contributed by atoms with Crippen molar-refractivity contribution in [3.8, 4) is 0 Å². The highest BCUT2D eigenvalue weighted by Crippen LogP contribution is 2.12. The third-order valence-electron chi connectivity index (χ3n) is 5.08. The molecule has 6 nitrogen and oxygen atoms in total. The summed E-state index contributed by atoms with van der Waals surface area (Å²) in [6.07, 6.45) is 4.07. The second-order valence-corrected chi connectivity index (χ2v) is 8.12. The van der Waals surface area contributed by atoms with E-state index in [4.69, 9.17) is 0 Å². The first-order chi connectivity index (χ1) is 14.2. The third kappa shape index (κ3) is 5.05. The zero-order valence-electron chi connectivity index (χ0n) is 16.2. The average molecular weight is 409 g/mol. The largest absolute Gasteiger partial charge is 0.339 e. The number of carbonyl (C=O) groups is 2. The van der Waals surface area contributed by atoms with E-state index in [2.05, 4.69) is 16.1 Å². The summed E-state index contributed by atoms with van der Waals surface area (Å²) in [4.78, 5) is 33.5. The van der Waals surface area contributed by atoms with E-state index in [1.807, 2.05) is 64.0 Å². The molecule has 0 N–H and O–H groups in total. The number of carbonyl (C=O) groups excluding carboxylic acids is 2. The zero-order valence-corrected chi connectivity index (χ0v) is 17.1. The van der Waals surface area contributed by atoms with Gasteiger partial charge in [-0.2, -0.15) is 0 Å². The van der Waals surface area contributed by atoms with Crippen LogP contribution < -0.4 is 0 Å². The molecule has 1 aliphatic rings. The van der Waals surface area contributed by atoms with Crippen molar-refractivity contribution in [1.82, 2.24) is 19.2 Å². The van der Waals surface area contributed by atoms with Gasteiger partial charge in [0.15, 0.2) is 5.78 Å². The van der Waals surface area contributed by atoms with Crippen LogP contribution in [-0.4, -0.2) is 68.6 Å². The van der Waals surface area contributed by atoms with Crippen LogP contribution in [-0.2, 0) is 11.3 Å². The van der Waals surface area contributed by atoms with Gasteiger partial charge in [0.05, 0.1) is 17.2 Å². The Hall–Kier alpha value is -2.64. The molecule has 0 saturated carbocycles. The van der Waals surface area contributed by atoms with Crippen molar-refractivity contribution in [2.24, 2.45) is 0 Å². The molecule has 150 valence electrons.